The fourth-order valence-corrected chi connectivity index (χ4v) is 1.29. The molecule has 3 nitrogen and oxygen atoms in total. The van der Waals surface area contributed by atoms with Crippen LogP contribution in [0.15, 0.2) is 6.20 Å². The number of rotatable bonds is 3. The number of aryl methyl sites for hydroxylation is 1. The van der Waals surface area contributed by atoms with E-state index in [0.717, 1.165) is 13.1 Å². The van der Waals surface area contributed by atoms with Crippen LogP contribution in [0.4, 0.5) is 0 Å². The summed E-state index contributed by atoms with van der Waals surface area (Å²) in [6.45, 7) is 10.7. The van der Waals surface area contributed by atoms with Gasteiger partial charge in [0, 0.05) is 31.4 Å². The van der Waals surface area contributed by atoms with Crippen LogP contribution < -0.4 is 5.32 Å². The fraction of sp³-hybridized carbons (Fsp3) is 0.727. The van der Waals surface area contributed by atoms with Crippen LogP contribution in [0.25, 0.3) is 0 Å². The third-order valence-electron chi connectivity index (χ3n) is 2.31. The quantitative estimate of drug-likeness (QED) is 0.798. The Hall–Kier alpha value is -0.830. The normalized spacial score (nSPS) is 12.1. The Morgan fingerprint density at radius 2 is 2.07 bits per heavy atom. The average molecular weight is 195 g/mol. The predicted octanol–water partition coefficient (Wildman–Crippen LogP) is 1.86. The zero-order chi connectivity index (χ0) is 10.8. The van der Waals surface area contributed by atoms with E-state index in [1.165, 1.54) is 11.3 Å². The van der Waals surface area contributed by atoms with Crippen molar-refractivity contribution in [1.29, 1.82) is 0 Å². The SMILES string of the molecule is Cc1c(CNCC(C)(C)C)cnn1C. The summed E-state index contributed by atoms with van der Waals surface area (Å²) in [7, 11) is 1.97. The Kier molecular flexibility index (Phi) is 3.32. The van der Waals surface area contributed by atoms with Gasteiger partial charge in [0.1, 0.15) is 0 Å². The number of nitrogens with one attached hydrogen (secondary N) is 1. The van der Waals surface area contributed by atoms with E-state index in [9.17, 15) is 0 Å². The lowest BCUT2D eigenvalue weighted by atomic mass is 9.97. The van der Waals surface area contributed by atoms with Gasteiger partial charge < -0.3 is 5.32 Å². The first-order chi connectivity index (χ1) is 6.40. The summed E-state index contributed by atoms with van der Waals surface area (Å²) in [5.41, 5.74) is 2.87. The van der Waals surface area contributed by atoms with Crippen LogP contribution in [0.5, 0.6) is 0 Å². The van der Waals surface area contributed by atoms with Gasteiger partial charge in [0.2, 0.25) is 0 Å². The smallest absolute Gasteiger partial charge is 0.0537 e. The molecule has 1 aromatic rings. The summed E-state index contributed by atoms with van der Waals surface area (Å²) < 4.78 is 1.91. The summed E-state index contributed by atoms with van der Waals surface area (Å²) >= 11 is 0. The van der Waals surface area contributed by atoms with Gasteiger partial charge >= 0.3 is 0 Å². The van der Waals surface area contributed by atoms with Gasteiger partial charge in [-0.2, -0.15) is 5.10 Å². The van der Waals surface area contributed by atoms with Crippen molar-refractivity contribution >= 4 is 0 Å². The number of aromatic nitrogens is 2. The Bertz CT molecular complexity index is 294. The minimum atomic E-state index is 0.343. The molecule has 14 heavy (non-hydrogen) atoms. The third kappa shape index (κ3) is 3.14. The van der Waals surface area contributed by atoms with Crippen LogP contribution in [0.1, 0.15) is 32.0 Å². The molecule has 0 unspecified atom stereocenters. The summed E-state index contributed by atoms with van der Waals surface area (Å²) in [5.74, 6) is 0. The van der Waals surface area contributed by atoms with E-state index in [1.807, 2.05) is 17.9 Å². The maximum Gasteiger partial charge on any atom is 0.0537 e. The molecular weight excluding hydrogens is 174 g/mol. The van der Waals surface area contributed by atoms with Crippen LogP contribution in [-0.2, 0) is 13.6 Å². The first-order valence-electron chi connectivity index (χ1n) is 5.08. The molecule has 0 atom stereocenters. The van der Waals surface area contributed by atoms with E-state index in [4.69, 9.17) is 0 Å². The molecule has 1 aromatic heterocycles. The van der Waals surface area contributed by atoms with E-state index < -0.39 is 0 Å². The number of hydrogen-bond donors (Lipinski definition) is 1. The first-order valence-corrected chi connectivity index (χ1v) is 5.08. The van der Waals surface area contributed by atoms with Crippen LogP contribution >= 0.6 is 0 Å². The van der Waals surface area contributed by atoms with Crippen molar-refractivity contribution in [3.63, 3.8) is 0 Å². The molecule has 0 aliphatic heterocycles. The van der Waals surface area contributed by atoms with E-state index in [2.05, 4.69) is 38.1 Å². The molecule has 0 saturated carbocycles. The largest absolute Gasteiger partial charge is 0.312 e. The average Bonchev–Trinajstić information content (AvgIpc) is 2.33. The molecule has 0 spiro atoms. The number of nitrogens with zero attached hydrogens (tertiary/aromatic N) is 2. The lowest BCUT2D eigenvalue weighted by molar-refractivity contribution is 0.379. The molecule has 0 fully saturated rings. The third-order valence-corrected chi connectivity index (χ3v) is 2.31. The van der Waals surface area contributed by atoms with E-state index in [0.29, 0.717) is 5.41 Å². The highest BCUT2D eigenvalue weighted by Gasteiger charge is 2.10. The molecule has 0 radical (unpaired) electrons. The molecule has 0 aliphatic rings. The van der Waals surface area contributed by atoms with Crippen LogP contribution in [-0.4, -0.2) is 16.3 Å². The number of hydrogen-bond acceptors (Lipinski definition) is 2. The molecule has 0 saturated heterocycles. The Labute approximate surface area is 86.5 Å². The van der Waals surface area contributed by atoms with Gasteiger partial charge in [0.25, 0.3) is 0 Å². The highest BCUT2D eigenvalue weighted by atomic mass is 15.3. The van der Waals surface area contributed by atoms with Crippen LogP contribution in [0.2, 0.25) is 0 Å². The van der Waals surface area contributed by atoms with E-state index >= 15 is 0 Å². The van der Waals surface area contributed by atoms with E-state index in [-0.39, 0.29) is 0 Å². The molecule has 0 amide bonds. The molecule has 3 heteroatoms. The zero-order valence-corrected chi connectivity index (χ0v) is 9.89. The maximum absolute atomic E-state index is 4.21. The van der Waals surface area contributed by atoms with Crippen molar-refractivity contribution in [2.75, 3.05) is 6.54 Å². The summed E-state index contributed by atoms with van der Waals surface area (Å²) in [6.07, 6.45) is 1.94. The standard InChI is InChI=1S/C11H21N3/c1-9-10(7-13-14(9)5)6-12-8-11(2,3)4/h7,12H,6,8H2,1-5H3. The van der Waals surface area contributed by atoms with Gasteiger partial charge in [-0.15, -0.1) is 0 Å². The molecule has 0 aliphatic carbocycles. The second-order valence-corrected chi connectivity index (χ2v) is 5.04. The summed E-state index contributed by atoms with van der Waals surface area (Å²) in [4.78, 5) is 0. The molecule has 0 bridgehead atoms. The monoisotopic (exact) mass is 195 g/mol. The van der Waals surface area contributed by atoms with Crippen molar-refractivity contribution in [1.82, 2.24) is 15.1 Å². The molecule has 1 rings (SSSR count). The van der Waals surface area contributed by atoms with Crippen molar-refractivity contribution in [2.24, 2.45) is 12.5 Å². The maximum atomic E-state index is 4.21. The molecule has 0 aromatic carbocycles. The van der Waals surface area contributed by atoms with Gasteiger partial charge in [-0.1, -0.05) is 20.8 Å². The first kappa shape index (κ1) is 11.2. The van der Waals surface area contributed by atoms with E-state index in [1.54, 1.807) is 0 Å². The van der Waals surface area contributed by atoms with Crippen molar-refractivity contribution in [3.05, 3.63) is 17.5 Å². The second kappa shape index (κ2) is 4.13. The Morgan fingerprint density at radius 1 is 1.43 bits per heavy atom. The zero-order valence-electron chi connectivity index (χ0n) is 9.89. The minimum Gasteiger partial charge on any atom is -0.312 e. The predicted molar refractivity (Wildman–Crippen MR) is 59.1 cm³/mol. The van der Waals surface area contributed by atoms with Crippen LogP contribution in [0, 0.1) is 12.3 Å². The molecule has 1 heterocycles. The fourth-order valence-electron chi connectivity index (χ4n) is 1.29. The Balaban J connectivity index is 2.43. The van der Waals surface area contributed by atoms with Crippen LogP contribution in [0.3, 0.4) is 0 Å². The topological polar surface area (TPSA) is 29.9 Å². The van der Waals surface area contributed by atoms with Gasteiger partial charge in [-0.3, -0.25) is 4.68 Å². The van der Waals surface area contributed by atoms with Crippen molar-refractivity contribution in [3.8, 4) is 0 Å². The van der Waals surface area contributed by atoms with Gasteiger partial charge in [0.05, 0.1) is 6.20 Å². The van der Waals surface area contributed by atoms with Gasteiger partial charge in [-0.05, 0) is 12.3 Å². The highest BCUT2D eigenvalue weighted by Crippen LogP contribution is 2.11. The lowest BCUT2D eigenvalue weighted by Crippen LogP contribution is -2.26. The van der Waals surface area contributed by atoms with Gasteiger partial charge in [-0.25, -0.2) is 0 Å². The molecule has 1 N–H and O–H groups in total. The second-order valence-electron chi connectivity index (χ2n) is 5.04. The van der Waals surface area contributed by atoms with Gasteiger partial charge in [0.15, 0.2) is 0 Å². The van der Waals surface area contributed by atoms with Crippen molar-refractivity contribution in [2.45, 2.75) is 34.2 Å². The molecule has 80 valence electrons. The summed E-state index contributed by atoms with van der Waals surface area (Å²) in [6, 6.07) is 0. The van der Waals surface area contributed by atoms with Crippen molar-refractivity contribution < 1.29 is 0 Å². The minimum absolute atomic E-state index is 0.343. The lowest BCUT2D eigenvalue weighted by Gasteiger charge is -2.18. The Morgan fingerprint density at radius 3 is 2.50 bits per heavy atom. The molecular formula is C11H21N3. The highest BCUT2D eigenvalue weighted by molar-refractivity contribution is 5.15. The summed E-state index contributed by atoms with van der Waals surface area (Å²) in [5, 5.41) is 7.65.